The Balaban J connectivity index is 3.02. The second kappa shape index (κ2) is 3.88. The molecule has 0 N–H and O–H groups in total. The van der Waals surface area contributed by atoms with E-state index in [2.05, 4.69) is 12.6 Å². The van der Waals surface area contributed by atoms with Gasteiger partial charge in [0, 0.05) is 10.8 Å². The summed E-state index contributed by atoms with van der Waals surface area (Å²) in [5.74, 6) is 1.29. The third-order valence-corrected chi connectivity index (χ3v) is 2.15. The molecule has 0 heterocycles. The second-order valence-corrected chi connectivity index (χ2v) is 2.88. The molecule has 0 atom stereocenters. The van der Waals surface area contributed by atoms with Crippen molar-refractivity contribution in [2.45, 2.75) is 10.8 Å². The summed E-state index contributed by atoms with van der Waals surface area (Å²) in [5, 5.41) is 0. The summed E-state index contributed by atoms with van der Waals surface area (Å²) in [6.45, 7) is 0. The molecule has 0 aliphatic heterocycles. The van der Waals surface area contributed by atoms with Gasteiger partial charge in [-0.2, -0.15) is 0 Å². The van der Waals surface area contributed by atoms with Crippen LogP contribution in [0, 0.1) is 0 Å². The molecule has 0 aliphatic carbocycles. The molecule has 11 heavy (non-hydrogen) atoms. The molecule has 0 amide bonds. The fourth-order valence-corrected chi connectivity index (χ4v) is 1.33. The zero-order chi connectivity index (χ0) is 8.27. The van der Waals surface area contributed by atoms with Crippen molar-refractivity contribution in [2.75, 3.05) is 7.11 Å². The number of rotatable bonds is 2. The van der Waals surface area contributed by atoms with E-state index in [1.165, 1.54) is 0 Å². The Morgan fingerprint density at radius 1 is 1.55 bits per heavy atom. The number of ether oxygens (including phenoxy) is 1. The average Bonchev–Trinajstić information content (AvgIpc) is 2.05. The molecule has 0 unspecified atom stereocenters. The molecular weight excluding hydrogens is 180 g/mol. The van der Waals surface area contributed by atoms with Crippen molar-refractivity contribution >= 4 is 24.2 Å². The molecule has 0 bridgehead atoms. The number of benzene rings is 1. The van der Waals surface area contributed by atoms with Gasteiger partial charge < -0.3 is 4.74 Å². The molecular formula is C8H9ClOS. The fraction of sp³-hybridized carbons (Fsp3) is 0.250. The van der Waals surface area contributed by atoms with Crippen molar-refractivity contribution < 1.29 is 4.74 Å². The molecule has 0 aliphatic rings. The average molecular weight is 189 g/mol. The van der Waals surface area contributed by atoms with E-state index in [4.69, 9.17) is 16.3 Å². The Hall–Kier alpha value is -0.340. The van der Waals surface area contributed by atoms with Gasteiger partial charge in [-0.25, -0.2) is 0 Å². The molecule has 1 rings (SSSR count). The number of methoxy groups -OCH3 is 1. The standard InChI is InChI=1S/C8H9ClOS/c1-10-7-2-3-8(11)6(4-7)5-9/h2-4,11H,5H2,1H3. The van der Waals surface area contributed by atoms with Gasteiger partial charge in [0.1, 0.15) is 5.75 Å². The highest BCUT2D eigenvalue weighted by molar-refractivity contribution is 7.80. The Bertz CT molecular complexity index is 250. The minimum atomic E-state index is 0.468. The molecule has 0 radical (unpaired) electrons. The van der Waals surface area contributed by atoms with Crippen molar-refractivity contribution in [3.05, 3.63) is 23.8 Å². The van der Waals surface area contributed by atoms with Crippen molar-refractivity contribution in [1.82, 2.24) is 0 Å². The van der Waals surface area contributed by atoms with Crippen molar-refractivity contribution in [3.63, 3.8) is 0 Å². The quantitative estimate of drug-likeness (QED) is 0.555. The maximum absolute atomic E-state index is 5.66. The highest BCUT2D eigenvalue weighted by Gasteiger charge is 1.98. The van der Waals surface area contributed by atoms with E-state index in [9.17, 15) is 0 Å². The summed E-state index contributed by atoms with van der Waals surface area (Å²) in [4.78, 5) is 0.904. The van der Waals surface area contributed by atoms with E-state index in [0.717, 1.165) is 16.2 Å². The lowest BCUT2D eigenvalue weighted by Crippen LogP contribution is -1.86. The van der Waals surface area contributed by atoms with E-state index in [1.54, 1.807) is 7.11 Å². The monoisotopic (exact) mass is 188 g/mol. The molecule has 3 heteroatoms. The zero-order valence-corrected chi connectivity index (χ0v) is 7.82. The first kappa shape index (κ1) is 8.75. The van der Waals surface area contributed by atoms with E-state index in [-0.39, 0.29) is 0 Å². The predicted octanol–water partition coefficient (Wildman–Crippen LogP) is 2.72. The summed E-state index contributed by atoms with van der Waals surface area (Å²) in [6.07, 6.45) is 0. The Morgan fingerprint density at radius 2 is 2.27 bits per heavy atom. The summed E-state index contributed by atoms with van der Waals surface area (Å²) < 4.78 is 5.02. The minimum absolute atomic E-state index is 0.468. The molecule has 0 aromatic heterocycles. The van der Waals surface area contributed by atoms with E-state index >= 15 is 0 Å². The summed E-state index contributed by atoms with van der Waals surface area (Å²) in [7, 11) is 1.63. The lowest BCUT2D eigenvalue weighted by molar-refractivity contribution is 0.414. The van der Waals surface area contributed by atoms with Crippen LogP contribution >= 0.6 is 24.2 Å². The van der Waals surface area contributed by atoms with Crippen molar-refractivity contribution in [3.8, 4) is 5.75 Å². The van der Waals surface area contributed by atoms with Crippen LogP contribution in [0.2, 0.25) is 0 Å². The first-order chi connectivity index (χ1) is 5.27. The molecule has 60 valence electrons. The van der Waals surface area contributed by atoms with Crippen LogP contribution in [0.3, 0.4) is 0 Å². The van der Waals surface area contributed by atoms with Crippen molar-refractivity contribution in [2.24, 2.45) is 0 Å². The maximum atomic E-state index is 5.66. The number of hydrogen-bond acceptors (Lipinski definition) is 2. The van der Waals surface area contributed by atoms with Gasteiger partial charge in [0.15, 0.2) is 0 Å². The first-order valence-electron chi connectivity index (χ1n) is 3.19. The van der Waals surface area contributed by atoms with Gasteiger partial charge in [-0.1, -0.05) is 0 Å². The zero-order valence-electron chi connectivity index (χ0n) is 6.17. The smallest absolute Gasteiger partial charge is 0.119 e. The number of halogens is 1. The van der Waals surface area contributed by atoms with Gasteiger partial charge in [-0.3, -0.25) is 0 Å². The van der Waals surface area contributed by atoms with E-state index < -0.39 is 0 Å². The molecule has 0 saturated carbocycles. The van der Waals surface area contributed by atoms with Crippen LogP contribution in [0.1, 0.15) is 5.56 Å². The topological polar surface area (TPSA) is 9.23 Å². The normalized spacial score (nSPS) is 9.73. The molecule has 1 aromatic carbocycles. The van der Waals surface area contributed by atoms with Crippen LogP contribution in [0.25, 0.3) is 0 Å². The number of thiol groups is 1. The lowest BCUT2D eigenvalue weighted by atomic mass is 10.2. The molecule has 1 nitrogen and oxygen atoms in total. The van der Waals surface area contributed by atoms with E-state index in [1.807, 2.05) is 18.2 Å². The molecule has 0 fully saturated rings. The number of alkyl halides is 1. The Kier molecular flexibility index (Phi) is 3.09. The second-order valence-electron chi connectivity index (χ2n) is 2.13. The van der Waals surface area contributed by atoms with Crippen LogP contribution < -0.4 is 4.74 Å². The van der Waals surface area contributed by atoms with Gasteiger partial charge >= 0.3 is 0 Å². The third kappa shape index (κ3) is 2.04. The van der Waals surface area contributed by atoms with Crippen LogP contribution in [0.5, 0.6) is 5.75 Å². The molecule has 0 spiro atoms. The summed E-state index contributed by atoms with van der Waals surface area (Å²) in [5.41, 5.74) is 0.995. The van der Waals surface area contributed by atoms with E-state index in [0.29, 0.717) is 5.88 Å². The largest absolute Gasteiger partial charge is 0.497 e. The maximum Gasteiger partial charge on any atom is 0.119 e. The third-order valence-electron chi connectivity index (χ3n) is 1.43. The summed E-state index contributed by atoms with van der Waals surface area (Å²) >= 11 is 9.88. The van der Waals surface area contributed by atoms with Crippen LogP contribution in [0.4, 0.5) is 0 Å². The minimum Gasteiger partial charge on any atom is -0.497 e. The van der Waals surface area contributed by atoms with Gasteiger partial charge in [0.25, 0.3) is 0 Å². The molecule has 0 saturated heterocycles. The van der Waals surface area contributed by atoms with Gasteiger partial charge in [0.2, 0.25) is 0 Å². The summed E-state index contributed by atoms with van der Waals surface area (Å²) in [6, 6.07) is 5.62. The Labute approximate surface area is 76.7 Å². The van der Waals surface area contributed by atoms with Gasteiger partial charge in [-0.05, 0) is 23.8 Å². The van der Waals surface area contributed by atoms with Crippen LogP contribution in [-0.4, -0.2) is 7.11 Å². The highest BCUT2D eigenvalue weighted by Crippen LogP contribution is 2.21. The van der Waals surface area contributed by atoms with Gasteiger partial charge in [0.05, 0.1) is 7.11 Å². The van der Waals surface area contributed by atoms with Crippen LogP contribution in [0.15, 0.2) is 23.1 Å². The fourth-order valence-electron chi connectivity index (χ4n) is 0.796. The van der Waals surface area contributed by atoms with Crippen molar-refractivity contribution in [1.29, 1.82) is 0 Å². The highest BCUT2D eigenvalue weighted by atomic mass is 35.5. The van der Waals surface area contributed by atoms with Gasteiger partial charge in [-0.15, -0.1) is 24.2 Å². The Morgan fingerprint density at radius 3 is 2.82 bits per heavy atom. The first-order valence-corrected chi connectivity index (χ1v) is 4.18. The SMILES string of the molecule is COc1ccc(S)c(CCl)c1. The lowest BCUT2D eigenvalue weighted by Gasteiger charge is -2.03. The van der Waals surface area contributed by atoms with Crippen LogP contribution in [-0.2, 0) is 5.88 Å². The molecule has 1 aromatic rings. The number of hydrogen-bond donors (Lipinski definition) is 1. The predicted molar refractivity (Wildman–Crippen MR) is 49.8 cm³/mol.